The zero-order valence-electron chi connectivity index (χ0n) is 14.6. The molecule has 3 rings (SSSR count). The lowest BCUT2D eigenvalue weighted by Crippen LogP contribution is -2.39. The van der Waals surface area contributed by atoms with Crippen LogP contribution in [-0.2, 0) is 4.79 Å². The molecule has 136 valence electrons. The Morgan fingerprint density at radius 2 is 2.08 bits per heavy atom. The molecule has 0 radical (unpaired) electrons. The highest BCUT2D eigenvalue weighted by molar-refractivity contribution is 9.10. The number of ether oxygens (including phenoxy) is 1. The van der Waals surface area contributed by atoms with Crippen LogP contribution >= 0.6 is 15.9 Å². The quantitative estimate of drug-likeness (QED) is 0.796. The number of nitrogens with one attached hydrogen (secondary N) is 2. The van der Waals surface area contributed by atoms with E-state index in [9.17, 15) is 9.59 Å². The molecule has 0 aromatic heterocycles. The second kappa shape index (κ2) is 7.78. The van der Waals surface area contributed by atoms with Gasteiger partial charge in [0, 0.05) is 34.9 Å². The van der Waals surface area contributed by atoms with Crippen molar-refractivity contribution in [3.05, 3.63) is 52.5 Å². The highest BCUT2D eigenvalue weighted by atomic mass is 79.9. The third kappa shape index (κ3) is 4.16. The molecule has 2 aromatic carbocycles. The number of urea groups is 1. The molecule has 26 heavy (non-hydrogen) atoms. The van der Waals surface area contributed by atoms with Crippen molar-refractivity contribution < 1.29 is 14.3 Å². The summed E-state index contributed by atoms with van der Waals surface area (Å²) in [6, 6.07) is 12.4. The van der Waals surface area contributed by atoms with Gasteiger partial charge in [-0.2, -0.15) is 0 Å². The summed E-state index contributed by atoms with van der Waals surface area (Å²) in [6.45, 7) is 2.35. The molecule has 1 fully saturated rings. The van der Waals surface area contributed by atoms with Crippen LogP contribution in [-0.4, -0.2) is 31.6 Å². The maximum atomic E-state index is 12.3. The van der Waals surface area contributed by atoms with E-state index in [4.69, 9.17) is 4.74 Å². The molecule has 1 aliphatic rings. The molecule has 2 aromatic rings. The maximum Gasteiger partial charge on any atom is 0.319 e. The van der Waals surface area contributed by atoms with Gasteiger partial charge in [-0.1, -0.05) is 22.0 Å². The van der Waals surface area contributed by atoms with Crippen LogP contribution in [0.2, 0.25) is 0 Å². The van der Waals surface area contributed by atoms with E-state index in [1.165, 1.54) is 0 Å². The Labute approximate surface area is 160 Å². The molecule has 1 atom stereocenters. The lowest BCUT2D eigenvalue weighted by Gasteiger charge is -2.18. The fourth-order valence-electron chi connectivity index (χ4n) is 2.94. The fraction of sp³-hybridized carbons (Fsp3) is 0.263. The van der Waals surface area contributed by atoms with Gasteiger partial charge in [0.05, 0.1) is 13.2 Å². The first-order chi connectivity index (χ1) is 12.5. The number of amides is 3. The molecule has 0 saturated carbocycles. The number of nitrogens with zero attached hydrogens (tertiary/aromatic N) is 1. The van der Waals surface area contributed by atoms with Crippen molar-refractivity contribution in [1.82, 2.24) is 5.32 Å². The van der Waals surface area contributed by atoms with Crippen LogP contribution in [0, 0.1) is 6.92 Å². The van der Waals surface area contributed by atoms with Gasteiger partial charge in [-0.25, -0.2) is 4.79 Å². The van der Waals surface area contributed by atoms with Crippen molar-refractivity contribution in [3.8, 4) is 5.75 Å². The van der Waals surface area contributed by atoms with Crippen LogP contribution < -0.4 is 20.3 Å². The Bertz CT molecular complexity index is 841. The van der Waals surface area contributed by atoms with Crippen molar-refractivity contribution in [1.29, 1.82) is 0 Å². The molecule has 0 bridgehead atoms. The van der Waals surface area contributed by atoms with Crippen molar-refractivity contribution in [2.75, 3.05) is 23.9 Å². The summed E-state index contributed by atoms with van der Waals surface area (Å²) < 4.78 is 6.16. The number of carbonyl (C=O) groups is 2. The normalized spacial score (nSPS) is 16.5. The van der Waals surface area contributed by atoms with Crippen LogP contribution in [0.15, 0.2) is 46.9 Å². The molecule has 0 aliphatic carbocycles. The minimum Gasteiger partial charge on any atom is -0.497 e. The third-order valence-electron chi connectivity index (χ3n) is 4.26. The molecule has 7 heteroatoms. The molecular formula is C19H20BrN3O3. The number of methoxy groups -OCH3 is 1. The number of benzene rings is 2. The molecule has 3 amide bonds. The van der Waals surface area contributed by atoms with Crippen molar-refractivity contribution >= 4 is 39.2 Å². The number of anilines is 2. The monoisotopic (exact) mass is 417 g/mol. The number of halogens is 1. The summed E-state index contributed by atoms with van der Waals surface area (Å²) in [4.78, 5) is 26.3. The van der Waals surface area contributed by atoms with Crippen molar-refractivity contribution in [2.24, 2.45) is 0 Å². The van der Waals surface area contributed by atoms with E-state index in [-0.39, 0.29) is 24.4 Å². The van der Waals surface area contributed by atoms with Crippen LogP contribution in [0.5, 0.6) is 5.75 Å². The molecule has 1 heterocycles. The van der Waals surface area contributed by atoms with Crippen molar-refractivity contribution in [2.45, 2.75) is 19.4 Å². The summed E-state index contributed by atoms with van der Waals surface area (Å²) in [6.07, 6.45) is 0.268. The second-order valence-corrected chi connectivity index (χ2v) is 7.08. The van der Waals surface area contributed by atoms with Gasteiger partial charge < -0.3 is 20.3 Å². The Hall–Kier alpha value is -2.54. The predicted octanol–water partition coefficient (Wildman–Crippen LogP) is 3.69. The van der Waals surface area contributed by atoms with E-state index in [1.807, 2.05) is 49.4 Å². The van der Waals surface area contributed by atoms with Gasteiger partial charge in [-0.3, -0.25) is 4.79 Å². The second-order valence-electron chi connectivity index (χ2n) is 6.16. The largest absolute Gasteiger partial charge is 0.497 e. The predicted molar refractivity (Wildman–Crippen MR) is 105 cm³/mol. The molecule has 1 saturated heterocycles. The Morgan fingerprint density at radius 1 is 1.27 bits per heavy atom. The molecule has 1 aliphatic heterocycles. The van der Waals surface area contributed by atoms with Gasteiger partial charge in [0.15, 0.2) is 0 Å². The van der Waals surface area contributed by atoms with Gasteiger partial charge in [0.2, 0.25) is 5.91 Å². The van der Waals surface area contributed by atoms with Crippen LogP contribution in [0.4, 0.5) is 16.2 Å². The summed E-state index contributed by atoms with van der Waals surface area (Å²) in [7, 11) is 1.59. The Kier molecular flexibility index (Phi) is 5.46. The minimum absolute atomic E-state index is 0.0247. The summed E-state index contributed by atoms with van der Waals surface area (Å²) in [5, 5.41) is 5.70. The first-order valence-corrected chi connectivity index (χ1v) is 9.03. The number of carbonyl (C=O) groups excluding carboxylic acids is 2. The highest BCUT2D eigenvalue weighted by Gasteiger charge is 2.31. The zero-order valence-corrected chi connectivity index (χ0v) is 16.2. The van der Waals surface area contributed by atoms with E-state index in [2.05, 4.69) is 26.6 Å². The van der Waals surface area contributed by atoms with Crippen LogP contribution in [0.3, 0.4) is 0 Å². The van der Waals surface area contributed by atoms with E-state index in [0.29, 0.717) is 12.3 Å². The number of rotatable bonds is 4. The standard InChI is InChI=1S/C19H20BrN3O3/c1-12-8-13(20)6-7-17(12)22-19(25)21-14-9-18(24)23(11-14)15-4-3-5-16(10-15)26-2/h3-8,10,14H,9,11H2,1-2H3,(H2,21,22,25). The molecular weight excluding hydrogens is 398 g/mol. The Balaban J connectivity index is 1.62. The van der Waals surface area contributed by atoms with E-state index in [0.717, 1.165) is 21.4 Å². The SMILES string of the molecule is COc1cccc(N2CC(NC(=O)Nc3ccc(Br)cc3C)CC2=O)c1. The average molecular weight is 418 g/mol. The van der Waals surface area contributed by atoms with E-state index in [1.54, 1.807) is 12.0 Å². The first kappa shape index (κ1) is 18.3. The van der Waals surface area contributed by atoms with Gasteiger partial charge >= 0.3 is 6.03 Å². The molecule has 0 spiro atoms. The summed E-state index contributed by atoms with van der Waals surface area (Å²) in [5.41, 5.74) is 2.46. The number of hydrogen-bond acceptors (Lipinski definition) is 3. The minimum atomic E-state index is -0.319. The fourth-order valence-corrected chi connectivity index (χ4v) is 3.42. The molecule has 1 unspecified atom stereocenters. The summed E-state index contributed by atoms with van der Waals surface area (Å²) >= 11 is 3.40. The van der Waals surface area contributed by atoms with E-state index < -0.39 is 0 Å². The first-order valence-electron chi connectivity index (χ1n) is 8.24. The topological polar surface area (TPSA) is 70.7 Å². The van der Waals surface area contributed by atoms with Crippen molar-refractivity contribution in [3.63, 3.8) is 0 Å². The third-order valence-corrected chi connectivity index (χ3v) is 4.76. The zero-order chi connectivity index (χ0) is 18.7. The van der Waals surface area contributed by atoms with Crippen LogP contribution in [0.25, 0.3) is 0 Å². The maximum absolute atomic E-state index is 12.3. The number of aryl methyl sites for hydroxylation is 1. The Morgan fingerprint density at radius 3 is 2.81 bits per heavy atom. The summed E-state index contributed by atoms with van der Waals surface area (Å²) in [5.74, 6) is 0.665. The highest BCUT2D eigenvalue weighted by Crippen LogP contribution is 2.25. The van der Waals surface area contributed by atoms with Gasteiger partial charge in [0.25, 0.3) is 0 Å². The van der Waals surface area contributed by atoms with E-state index >= 15 is 0 Å². The average Bonchev–Trinajstić information content (AvgIpc) is 2.97. The lowest BCUT2D eigenvalue weighted by molar-refractivity contribution is -0.117. The van der Waals surface area contributed by atoms with Gasteiger partial charge in [-0.05, 0) is 42.8 Å². The molecule has 6 nitrogen and oxygen atoms in total. The number of hydrogen-bond donors (Lipinski definition) is 2. The lowest BCUT2D eigenvalue weighted by atomic mass is 10.2. The van der Waals surface area contributed by atoms with Crippen LogP contribution in [0.1, 0.15) is 12.0 Å². The van der Waals surface area contributed by atoms with Gasteiger partial charge in [-0.15, -0.1) is 0 Å². The smallest absolute Gasteiger partial charge is 0.319 e. The molecule has 2 N–H and O–H groups in total. The van der Waals surface area contributed by atoms with Gasteiger partial charge in [0.1, 0.15) is 5.75 Å².